The molecule has 0 radical (unpaired) electrons. The second-order valence-electron chi connectivity index (χ2n) is 4.42. The first kappa shape index (κ1) is 12.3. The molecule has 2 heterocycles. The summed E-state index contributed by atoms with van der Waals surface area (Å²) in [5, 5.41) is 3.37. The van der Waals surface area contributed by atoms with Crippen molar-refractivity contribution >= 4 is 11.3 Å². The molecule has 2 aromatic heterocycles. The van der Waals surface area contributed by atoms with Crippen LogP contribution in [0.4, 0.5) is 0 Å². The Labute approximate surface area is 105 Å². The second-order valence-corrected chi connectivity index (χ2v) is 5.27. The highest BCUT2D eigenvalue weighted by Gasteiger charge is 2.14. The van der Waals surface area contributed by atoms with Gasteiger partial charge in [-0.3, -0.25) is 0 Å². The standard InChI is InChI=1S/C12H17N3OS/c1-8(2)4-13-5-10-11(16-6-14-10)12-9(3)15-7-17-12/h6-8,13H,4-5H2,1-3H3. The van der Waals surface area contributed by atoms with E-state index in [2.05, 4.69) is 29.1 Å². The number of aromatic nitrogens is 2. The van der Waals surface area contributed by atoms with Gasteiger partial charge in [-0.05, 0) is 19.4 Å². The lowest BCUT2D eigenvalue weighted by molar-refractivity contribution is 0.545. The average Bonchev–Trinajstić information content (AvgIpc) is 2.86. The van der Waals surface area contributed by atoms with Crippen LogP contribution in [-0.2, 0) is 6.54 Å². The van der Waals surface area contributed by atoms with Crippen LogP contribution < -0.4 is 5.32 Å². The van der Waals surface area contributed by atoms with Crippen molar-refractivity contribution < 1.29 is 4.42 Å². The lowest BCUT2D eigenvalue weighted by Gasteiger charge is -2.06. The number of rotatable bonds is 5. The van der Waals surface area contributed by atoms with Crippen molar-refractivity contribution in [2.45, 2.75) is 27.3 Å². The molecular weight excluding hydrogens is 234 g/mol. The molecule has 0 aliphatic heterocycles. The van der Waals surface area contributed by atoms with E-state index in [-0.39, 0.29) is 0 Å². The van der Waals surface area contributed by atoms with Gasteiger partial charge in [0, 0.05) is 6.54 Å². The Balaban J connectivity index is 2.10. The largest absolute Gasteiger partial charge is 0.442 e. The number of aryl methyl sites for hydroxylation is 1. The van der Waals surface area contributed by atoms with E-state index in [4.69, 9.17) is 4.42 Å². The zero-order chi connectivity index (χ0) is 12.3. The summed E-state index contributed by atoms with van der Waals surface area (Å²) in [6, 6.07) is 0. The van der Waals surface area contributed by atoms with Gasteiger partial charge in [-0.15, -0.1) is 11.3 Å². The molecule has 2 aromatic rings. The van der Waals surface area contributed by atoms with Crippen LogP contribution in [0.25, 0.3) is 10.6 Å². The molecular formula is C12H17N3OS. The summed E-state index contributed by atoms with van der Waals surface area (Å²) in [6.07, 6.45) is 1.50. The summed E-state index contributed by atoms with van der Waals surface area (Å²) in [5.74, 6) is 1.48. The Morgan fingerprint density at radius 2 is 2.24 bits per heavy atom. The van der Waals surface area contributed by atoms with E-state index in [0.717, 1.165) is 35.1 Å². The maximum absolute atomic E-state index is 5.47. The van der Waals surface area contributed by atoms with Crippen molar-refractivity contribution in [2.24, 2.45) is 5.92 Å². The minimum Gasteiger partial charge on any atom is -0.442 e. The van der Waals surface area contributed by atoms with E-state index < -0.39 is 0 Å². The molecule has 17 heavy (non-hydrogen) atoms. The SMILES string of the molecule is Cc1ncsc1-c1ocnc1CNCC(C)C. The van der Waals surface area contributed by atoms with Gasteiger partial charge >= 0.3 is 0 Å². The van der Waals surface area contributed by atoms with Gasteiger partial charge in [0.2, 0.25) is 0 Å². The highest BCUT2D eigenvalue weighted by molar-refractivity contribution is 7.13. The van der Waals surface area contributed by atoms with Crippen molar-refractivity contribution in [1.29, 1.82) is 0 Å². The fourth-order valence-corrected chi connectivity index (χ4v) is 2.39. The van der Waals surface area contributed by atoms with Crippen LogP contribution in [0, 0.1) is 12.8 Å². The molecule has 0 atom stereocenters. The topological polar surface area (TPSA) is 51.0 Å². The molecule has 0 spiro atoms. The molecule has 92 valence electrons. The van der Waals surface area contributed by atoms with Gasteiger partial charge in [0.1, 0.15) is 5.69 Å². The minimum atomic E-state index is 0.635. The number of hydrogen-bond donors (Lipinski definition) is 1. The lowest BCUT2D eigenvalue weighted by atomic mass is 10.2. The average molecular weight is 251 g/mol. The van der Waals surface area contributed by atoms with Gasteiger partial charge in [-0.25, -0.2) is 9.97 Å². The molecule has 0 saturated heterocycles. The lowest BCUT2D eigenvalue weighted by Crippen LogP contribution is -2.19. The normalized spacial score (nSPS) is 11.3. The third-order valence-electron chi connectivity index (χ3n) is 2.44. The predicted octanol–water partition coefficient (Wildman–Crippen LogP) is 2.85. The summed E-state index contributed by atoms with van der Waals surface area (Å²) >= 11 is 1.59. The Morgan fingerprint density at radius 1 is 1.41 bits per heavy atom. The fraction of sp³-hybridized carbons (Fsp3) is 0.500. The van der Waals surface area contributed by atoms with E-state index >= 15 is 0 Å². The minimum absolute atomic E-state index is 0.635. The van der Waals surface area contributed by atoms with Crippen LogP contribution in [0.3, 0.4) is 0 Å². The Kier molecular flexibility index (Phi) is 3.91. The first-order valence-corrected chi connectivity index (χ1v) is 6.60. The molecule has 0 aliphatic carbocycles. The predicted molar refractivity (Wildman–Crippen MR) is 68.9 cm³/mol. The van der Waals surface area contributed by atoms with Crippen molar-refractivity contribution in [3.63, 3.8) is 0 Å². The zero-order valence-corrected chi connectivity index (χ0v) is 11.2. The van der Waals surface area contributed by atoms with Crippen LogP contribution in [0.15, 0.2) is 16.3 Å². The molecule has 0 aliphatic rings. The van der Waals surface area contributed by atoms with E-state index in [1.807, 2.05) is 12.4 Å². The van der Waals surface area contributed by atoms with E-state index in [9.17, 15) is 0 Å². The van der Waals surface area contributed by atoms with Crippen LogP contribution >= 0.6 is 11.3 Å². The van der Waals surface area contributed by atoms with Gasteiger partial charge in [-0.2, -0.15) is 0 Å². The molecule has 0 amide bonds. The van der Waals surface area contributed by atoms with Gasteiger partial charge < -0.3 is 9.73 Å². The zero-order valence-electron chi connectivity index (χ0n) is 10.4. The van der Waals surface area contributed by atoms with Gasteiger partial charge in [-0.1, -0.05) is 13.8 Å². The molecule has 4 nitrogen and oxygen atoms in total. The molecule has 1 N–H and O–H groups in total. The Hall–Kier alpha value is -1.20. The van der Waals surface area contributed by atoms with Gasteiger partial charge in [0.05, 0.1) is 16.1 Å². The monoisotopic (exact) mass is 251 g/mol. The molecule has 0 aromatic carbocycles. The van der Waals surface area contributed by atoms with Crippen LogP contribution in [-0.4, -0.2) is 16.5 Å². The number of thiazole rings is 1. The van der Waals surface area contributed by atoms with Crippen molar-refractivity contribution in [3.05, 3.63) is 23.3 Å². The van der Waals surface area contributed by atoms with E-state index in [0.29, 0.717) is 5.92 Å². The molecule has 0 saturated carbocycles. The molecule has 5 heteroatoms. The fourth-order valence-electron chi connectivity index (χ4n) is 1.58. The summed E-state index contributed by atoms with van der Waals surface area (Å²) in [5.41, 5.74) is 3.79. The van der Waals surface area contributed by atoms with Gasteiger partial charge in [0.25, 0.3) is 0 Å². The molecule has 0 unspecified atom stereocenters. The van der Waals surface area contributed by atoms with E-state index in [1.54, 1.807) is 11.3 Å². The number of hydrogen-bond acceptors (Lipinski definition) is 5. The van der Waals surface area contributed by atoms with Crippen molar-refractivity contribution in [2.75, 3.05) is 6.54 Å². The maximum atomic E-state index is 5.47. The second kappa shape index (κ2) is 5.42. The van der Waals surface area contributed by atoms with Crippen LogP contribution in [0.1, 0.15) is 25.2 Å². The summed E-state index contributed by atoms with van der Waals surface area (Å²) < 4.78 is 5.47. The van der Waals surface area contributed by atoms with E-state index in [1.165, 1.54) is 6.39 Å². The van der Waals surface area contributed by atoms with Crippen molar-refractivity contribution in [1.82, 2.24) is 15.3 Å². The quantitative estimate of drug-likeness (QED) is 0.887. The number of nitrogens with zero attached hydrogens (tertiary/aromatic N) is 2. The highest BCUT2D eigenvalue weighted by atomic mass is 32.1. The molecule has 2 rings (SSSR count). The summed E-state index contributed by atoms with van der Waals surface area (Å²) in [4.78, 5) is 9.57. The maximum Gasteiger partial charge on any atom is 0.181 e. The van der Waals surface area contributed by atoms with Crippen LogP contribution in [0.2, 0.25) is 0 Å². The first-order valence-electron chi connectivity index (χ1n) is 5.72. The number of oxazole rings is 1. The van der Waals surface area contributed by atoms with Crippen molar-refractivity contribution in [3.8, 4) is 10.6 Å². The summed E-state index contributed by atoms with van der Waals surface area (Å²) in [6.45, 7) is 8.07. The Morgan fingerprint density at radius 3 is 2.88 bits per heavy atom. The molecule has 0 fully saturated rings. The third kappa shape index (κ3) is 2.92. The molecule has 0 bridgehead atoms. The Bertz CT molecular complexity index is 476. The third-order valence-corrected chi connectivity index (χ3v) is 3.37. The van der Waals surface area contributed by atoms with Gasteiger partial charge in [0.15, 0.2) is 12.2 Å². The highest BCUT2D eigenvalue weighted by Crippen LogP contribution is 2.29. The number of nitrogens with one attached hydrogen (secondary N) is 1. The smallest absolute Gasteiger partial charge is 0.181 e. The first-order chi connectivity index (χ1) is 8.18. The summed E-state index contributed by atoms with van der Waals surface area (Å²) in [7, 11) is 0. The van der Waals surface area contributed by atoms with Crippen LogP contribution in [0.5, 0.6) is 0 Å².